The monoisotopic (exact) mass is 346 g/mol. The Balaban J connectivity index is 1.21. The topological polar surface area (TPSA) is 56.9 Å². The molecule has 0 aromatic carbocycles. The molecule has 138 valence electrons. The van der Waals surface area contributed by atoms with Gasteiger partial charge in [0.25, 0.3) is 0 Å². The van der Waals surface area contributed by atoms with Crippen LogP contribution in [0, 0.1) is 24.7 Å². The van der Waals surface area contributed by atoms with E-state index in [9.17, 15) is 9.90 Å². The van der Waals surface area contributed by atoms with E-state index in [1.165, 1.54) is 0 Å². The van der Waals surface area contributed by atoms with E-state index in [0.717, 1.165) is 63.5 Å². The third kappa shape index (κ3) is 3.49. The molecule has 2 saturated heterocycles. The van der Waals surface area contributed by atoms with Gasteiger partial charge in [0.1, 0.15) is 11.5 Å². The number of likely N-dealkylation sites (tertiary alicyclic amines) is 2. The highest BCUT2D eigenvalue weighted by atomic mass is 16.3. The van der Waals surface area contributed by atoms with E-state index in [4.69, 9.17) is 4.42 Å². The fourth-order valence-electron chi connectivity index (χ4n) is 4.70. The molecule has 5 nitrogen and oxygen atoms in total. The third-order valence-corrected chi connectivity index (χ3v) is 6.46. The molecular formula is C20H30N2O3. The molecule has 25 heavy (non-hydrogen) atoms. The molecule has 0 spiro atoms. The summed E-state index contributed by atoms with van der Waals surface area (Å²) in [6.45, 7) is 8.92. The van der Waals surface area contributed by atoms with Gasteiger partial charge in [-0.2, -0.15) is 0 Å². The highest BCUT2D eigenvalue weighted by Crippen LogP contribution is 2.52. The first-order valence-corrected chi connectivity index (χ1v) is 9.78. The van der Waals surface area contributed by atoms with E-state index in [-0.39, 0.29) is 12.0 Å². The molecule has 4 rings (SSSR count). The molecule has 0 bridgehead atoms. The molecule has 2 unspecified atom stereocenters. The third-order valence-electron chi connectivity index (χ3n) is 6.46. The zero-order valence-corrected chi connectivity index (χ0v) is 15.4. The van der Waals surface area contributed by atoms with Crippen LogP contribution in [0.25, 0.3) is 0 Å². The van der Waals surface area contributed by atoms with E-state index in [1.54, 1.807) is 0 Å². The smallest absolute Gasteiger partial charge is 0.226 e. The van der Waals surface area contributed by atoms with Crippen LogP contribution in [0.4, 0.5) is 0 Å². The maximum Gasteiger partial charge on any atom is 0.226 e. The molecule has 3 aliphatic rings. The number of aryl methyl sites for hydroxylation is 1. The summed E-state index contributed by atoms with van der Waals surface area (Å²) < 4.78 is 5.73. The normalized spacial score (nSPS) is 31.2. The van der Waals surface area contributed by atoms with Crippen LogP contribution in [-0.4, -0.2) is 59.6 Å². The number of aliphatic hydroxyl groups excluding tert-OH is 1. The fraction of sp³-hybridized carbons (Fsp3) is 0.750. The summed E-state index contributed by atoms with van der Waals surface area (Å²) in [6, 6.07) is 4.12. The summed E-state index contributed by atoms with van der Waals surface area (Å²) in [7, 11) is 0. The first kappa shape index (κ1) is 17.1. The minimum absolute atomic E-state index is 0.210. The second-order valence-corrected chi connectivity index (χ2v) is 8.31. The van der Waals surface area contributed by atoms with E-state index in [0.29, 0.717) is 23.7 Å². The molecule has 4 atom stereocenters. The average molecular weight is 346 g/mol. The minimum atomic E-state index is -0.210. The van der Waals surface area contributed by atoms with Crippen LogP contribution in [-0.2, 0) is 4.79 Å². The molecule has 3 heterocycles. The van der Waals surface area contributed by atoms with Crippen molar-refractivity contribution in [3.05, 3.63) is 23.7 Å². The Labute approximate surface area is 150 Å². The summed E-state index contributed by atoms with van der Waals surface area (Å²) >= 11 is 0. The van der Waals surface area contributed by atoms with E-state index in [2.05, 4.69) is 17.9 Å². The molecule has 2 aliphatic heterocycles. The number of furan rings is 1. The molecule has 1 N–H and O–H groups in total. The van der Waals surface area contributed by atoms with Gasteiger partial charge in [-0.05, 0) is 56.7 Å². The largest absolute Gasteiger partial charge is 0.466 e. The Bertz CT molecular complexity index is 608. The van der Waals surface area contributed by atoms with Crippen LogP contribution in [0.3, 0.4) is 0 Å². The van der Waals surface area contributed by atoms with Crippen molar-refractivity contribution in [2.24, 2.45) is 17.8 Å². The van der Waals surface area contributed by atoms with Crippen molar-refractivity contribution >= 4 is 5.91 Å². The molecular weight excluding hydrogens is 316 g/mol. The first-order chi connectivity index (χ1) is 12.0. The summed E-state index contributed by atoms with van der Waals surface area (Å²) in [5, 5.41) is 9.60. The van der Waals surface area contributed by atoms with Gasteiger partial charge in [-0.3, -0.25) is 4.79 Å². The second-order valence-electron chi connectivity index (χ2n) is 8.31. The van der Waals surface area contributed by atoms with Crippen LogP contribution < -0.4 is 0 Å². The summed E-state index contributed by atoms with van der Waals surface area (Å²) in [4.78, 5) is 17.2. The molecule has 1 aromatic rings. The van der Waals surface area contributed by atoms with Gasteiger partial charge in [0.2, 0.25) is 5.91 Å². The summed E-state index contributed by atoms with van der Waals surface area (Å²) in [6.07, 6.45) is 2.38. The van der Waals surface area contributed by atoms with Crippen molar-refractivity contribution in [2.75, 3.05) is 32.7 Å². The lowest BCUT2D eigenvalue weighted by Gasteiger charge is -2.30. The van der Waals surface area contributed by atoms with Gasteiger partial charge in [0.05, 0.1) is 6.10 Å². The maximum atomic E-state index is 12.7. The van der Waals surface area contributed by atoms with Crippen molar-refractivity contribution in [3.8, 4) is 0 Å². The molecule has 1 amide bonds. The number of aliphatic hydroxyl groups is 1. The Morgan fingerprint density at radius 1 is 1.28 bits per heavy atom. The van der Waals surface area contributed by atoms with Gasteiger partial charge in [-0.1, -0.05) is 6.92 Å². The van der Waals surface area contributed by atoms with Crippen LogP contribution in [0.1, 0.15) is 43.6 Å². The number of amides is 1. The average Bonchev–Trinajstić information content (AvgIpc) is 2.94. The van der Waals surface area contributed by atoms with Crippen LogP contribution in [0.15, 0.2) is 16.5 Å². The predicted molar refractivity (Wildman–Crippen MR) is 95.2 cm³/mol. The lowest BCUT2D eigenvalue weighted by Crippen LogP contribution is -2.42. The Morgan fingerprint density at radius 3 is 2.56 bits per heavy atom. The number of nitrogens with zero attached hydrogens (tertiary/aromatic N) is 2. The van der Waals surface area contributed by atoms with Gasteiger partial charge in [0.15, 0.2) is 0 Å². The fourth-order valence-corrected chi connectivity index (χ4v) is 4.70. The van der Waals surface area contributed by atoms with Crippen molar-refractivity contribution in [1.29, 1.82) is 0 Å². The van der Waals surface area contributed by atoms with Crippen molar-refractivity contribution in [2.45, 2.75) is 45.1 Å². The summed E-state index contributed by atoms with van der Waals surface area (Å²) in [5.74, 6) is 4.26. The quantitative estimate of drug-likeness (QED) is 0.888. The zero-order valence-electron chi connectivity index (χ0n) is 15.4. The van der Waals surface area contributed by atoms with Crippen LogP contribution >= 0.6 is 0 Å². The number of rotatable bonds is 5. The number of hydrogen-bond donors (Lipinski definition) is 1. The highest BCUT2D eigenvalue weighted by molar-refractivity contribution is 5.82. The first-order valence-electron chi connectivity index (χ1n) is 9.78. The number of hydrogen-bond acceptors (Lipinski definition) is 4. The molecule has 1 aliphatic carbocycles. The SMILES string of the molecule is Cc1ccc(C(C)CCN2C[C@@H]3C(C(=O)N4CCC(O)CC4)[C@@H]3C2)o1. The molecule has 1 aromatic heterocycles. The van der Waals surface area contributed by atoms with Gasteiger partial charge in [0, 0.05) is 38.0 Å². The van der Waals surface area contributed by atoms with E-state index >= 15 is 0 Å². The van der Waals surface area contributed by atoms with Crippen LogP contribution in [0.2, 0.25) is 0 Å². The maximum absolute atomic E-state index is 12.7. The van der Waals surface area contributed by atoms with Gasteiger partial charge < -0.3 is 19.3 Å². The van der Waals surface area contributed by atoms with Gasteiger partial charge in [-0.15, -0.1) is 0 Å². The Kier molecular flexibility index (Phi) is 4.63. The highest BCUT2D eigenvalue weighted by Gasteiger charge is 2.59. The van der Waals surface area contributed by atoms with Gasteiger partial charge in [-0.25, -0.2) is 0 Å². The number of carbonyl (C=O) groups is 1. The number of fused-ring (bicyclic) bond motifs is 1. The molecule has 3 fully saturated rings. The van der Waals surface area contributed by atoms with E-state index < -0.39 is 0 Å². The van der Waals surface area contributed by atoms with Crippen molar-refractivity contribution in [3.63, 3.8) is 0 Å². The Morgan fingerprint density at radius 2 is 1.96 bits per heavy atom. The minimum Gasteiger partial charge on any atom is -0.466 e. The molecule has 1 saturated carbocycles. The lowest BCUT2D eigenvalue weighted by atomic mass is 10.0. The predicted octanol–water partition coefficient (Wildman–Crippen LogP) is 2.24. The standard InChI is InChI=1S/C20H30N2O3/c1-13(18-4-3-14(2)25-18)5-8-21-11-16-17(12-21)19(16)20(24)22-9-6-15(23)7-10-22/h3-4,13,15-17,19,23H,5-12H2,1-2H3/t13?,16-,17+,19?. The molecule has 0 radical (unpaired) electrons. The second kappa shape index (κ2) is 6.76. The van der Waals surface area contributed by atoms with Gasteiger partial charge >= 0.3 is 0 Å². The van der Waals surface area contributed by atoms with Crippen molar-refractivity contribution < 1.29 is 14.3 Å². The zero-order chi connectivity index (χ0) is 17.6. The number of piperidine rings is 2. The van der Waals surface area contributed by atoms with Crippen LogP contribution in [0.5, 0.6) is 0 Å². The molecule has 5 heteroatoms. The Hall–Kier alpha value is -1.33. The number of carbonyl (C=O) groups excluding carboxylic acids is 1. The lowest BCUT2D eigenvalue weighted by molar-refractivity contribution is -0.135. The van der Waals surface area contributed by atoms with E-state index in [1.807, 2.05) is 17.9 Å². The van der Waals surface area contributed by atoms with Crippen molar-refractivity contribution in [1.82, 2.24) is 9.80 Å². The summed E-state index contributed by atoms with van der Waals surface area (Å²) in [5.41, 5.74) is 0.